The first-order chi connectivity index (χ1) is 22.5. The zero-order chi connectivity index (χ0) is 33.6. The van der Waals surface area contributed by atoms with E-state index in [1.807, 2.05) is 0 Å². The fourth-order valence-corrected chi connectivity index (χ4v) is 5.54. The van der Waals surface area contributed by atoms with Crippen LogP contribution in [0.2, 0.25) is 0 Å². The van der Waals surface area contributed by atoms with Crippen LogP contribution >= 0.6 is 0 Å². The van der Waals surface area contributed by atoms with Crippen LogP contribution in [0, 0.1) is 0 Å². The molecule has 2 aromatic rings. The molecule has 0 radical (unpaired) electrons. The van der Waals surface area contributed by atoms with E-state index in [0.717, 1.165) is 24.2 Å². The van der Waals surface area contributed by atoms with Crippen molar-refractivity contribution in [1.29, 1.82) is 0 Å². The van der Waals surface area contributed by atoms with Gasteiger partial charge in [-0.2, -0.15) is 17.9 Å². The number of aromatic nitrogens is 2. The van der Waals surface area contributed by atoms with E-state index in [-0.39, 0.29) is 62.4 Å². The number of nitrogens with one attached hydrogen (secondary N) is 2. The minimum atomic E-state index is -4.61. The Labute approximate surface area is 268 Å². The van der Waals surface area contributed by atoms with E-state index < -0.39 is 43.1 Å². The number of halogens is 3. The summed E-state index contributed by atoms with van der Waals surface area (Å²) in [7, 11) is 0. The molecule has 0 bridgehead atoms. The fourth-order valence-electron chi connectivity index (χ4n) is 5.54. The van der Waals surface area contributed by atoms with Crippen LogP contribution in [0.3, 0.4) is 0 Å². The van der Waals surface area contributed by atoms with Crippen LogP contribution in [-0.4, -0.2) is 118 Å². The molecule has 1 aliphatic carbocycles. The maximum absolute atomic E-state index is 13.1. The molecule has 17 heteroatoms. The van der Waals surface area contributed by atoms with Crippen LogP contribution in [0.1, 0.15) is 38.5 Å². The van der Waals surface area contributed by atoms with Crippen LogP contribution in [0.25, 0.3) is 5.69 Å². The highest BCUT2D eigenvalue weighted by Crippen LogP contribution is 2.26. The third kappa shape index (κ3) is 8.92. The van der Waals surface area contributed by atoms with Gasteiger partial charge in [0.25, 0.3) is 5.91 Å². The van der Waals surface area contributed by atoms with E-state index in [9.17, 15) is 37.1 Å². The average Bonchev–Trinajstić information content (AvgIpc) is 3.68. The molecule has 3 heterocycles. The second-order valence-corrected chi connectivity index (χ2v) is 11.5. The van der Waals surface area contributed by atoms with E-state index in [4.69, 9.17) is 9.47 Å². The number of hydrogen-bond donors (Lipinski definition) is 2. The first-order valence-corrected chi connectivity index (χ1v) is 15.4. The number of rotatable bonds is 10. The highest BCUT2D eigenvalue weighted by atomic mass is 19.4. The zero-order valence-electron chi connectivity index (χ0n) is 25.5. The molecule has 3 fully saturated rings. The average molecular weight is 664 g/mol. The summed E-state index contributed by atoms with van der Waals surface area (Å²) in [5, 5.41) is 9.58. The van der Waals surface area contributed by atoms with Gasteiger partial charge < -0.3 is 34.8 Å². The van der Waals surface area contributed by atoms with Crippen LogP contribution in [0.4, 0.5) is 18.0 Å². The van der Waals surface area contributed by atoms with Crippen molar-refractivity contribution in [3.8, 4) is 17.4 Å². The number of benzene rings is 1. The molecule has 47 heavy (non-hydrogen) atoms. The Balaban J connectivity index is 1.14. The molecule has 254 valence electrons. The van der Waals surface area contributed by atoms with E-state index in [0.29, 0.717) is 25.1 Å². The Kier molecular flexibility index (Phi) is 10.5. The van der Waals surface area contributed by atoms with Crippen molar-refractivity contribution in [2.24, 2.45) is 0 Å². The number of carbonyl (C=O) groups is 5. The Hall–Kier alpha value is -4.83. The highest BCUT2D eigenvalue weighted by Gasteiger charge is 2.37. The maximum Gasteiger partial charge on any atom is 0.414 e. The number of likely N-dealkylation sites (tertiary alicyclic amines) is 1. The van der Waals surface area contributed by atoms with Crippen molar-refractivity contribution in [3.63, 3.8) is 0 Å². The number of piperazine rings is 1. The van der Waals surface area contributed by atoms with Crippen LogP contribution in [0.5, 0.6) is 11.8 Å². The van der Waals surface area contributed by atoms with Gasteiger partial charge >= 0.3 is 12.3 Å². The largest absolute Gasteiger partial charge is 0.467 e. The molecule has 0 spiro atoms. The van der Waals surface area contributed by atoms with E-state index in [1.165, 1.54) is 20.5 Å². The van der Waals surface area contributed by atoms with Gasteiger partial charge in [0.05, 0.1) is 11.8 Å². The summed E-state index contributed by atoms with van der Waals surface area (Å²) in [4.78, 5) is 66.6. The summed E-state index contributed by atoms with van der Waals surface area (Å²) in [5.74, 6) is -2.19. The SMILES string of the molecule is O=C(NCC(=O)N1CCN(C(=O)CC(F)(F)F)CC1)Oc1cc(OCC(=O)N2CCC[C@H]2C(=O)NC2CCC2)n(-c2ccccc2)n1. The van der Waals surface area contributed by atoms with Crippen molar-refractivity contribution >= 4 is 29.7 Å². The molecule has 14 nitrogen and oxygen atoms in total. The lowest BCUT2D eigenvalue weighted by molar-refractivity contribution is -0.163. The second kappa shape index (κ2) is 14.7. The third-order valence-electron chi connectivity index (χ3n) is 8.24. The van der Waals surface area contributed by atoms with Gasteiger partial charge in [0, 0.05) is 38.8 Å². The third-order valence-corrected chi connectivity index (χ3v) is 8.24. The Morgan fingerprint density at radius 2 is 1.55 bits per heavy atom. The van der Waals surface area contributed by atoms with Gasteiger partial charge in [-0.25, -0.2) is 4.79 Å². The predicted molar refractivity (Wildman–Crippen MR) is 157 cm³/mol. The quantitative estimate of drug-likeness (QED) is 0.389. The Morgan fingerprint density at radius 3 is 2.19 bits per heavy atom. The zero-order valence-corrected chi connectivity index (χ0v) is 25.5. The van der Waals surface area contributed by atoms with Gasteiger partial charge in [-0.1, -0.05) is 18.2 Å². The molecular formula is C30H36F3N7O7. The van der Waals surface area contributed by atoms with Crippen LogP contribution in [0.15, 0.2) is 36.4 Å². The molecule has 2 N–H and O–H groups in total. The summed E-state index contributed by atoms with van der Waals surface area (Å²) in [5.41, 5.74) is 0.548. The standard InChI is InChI=1S/C30H36F3N7O7/c31-30(32,33)17-24(41)37-12-14-38(15-13-37)25(42)18-34-29(45)47-23-16-27(40(36-23)21-8-2-1-3-9-21)46-19-26(43)39-11-5-10-22(39)28(44)35-20-6-4-7-20/h1-3,8-9,16,20,22H,4-7,10-15,17-19H2,(H,34,45)(H,35,44)/t22-/m0/s1. The van der Waals surface area contributed by atoms with Crippen LogP contribution < -0.4 is 20.1 Å². The first-order valence-electron chi connectivity index (χ1n) is 15.4. The number of alkyl halides is 3. The predicted octanol–water partition coefficient (Wildman–Crippen LogP) is 1.62. The summed E-state index contributed by atoms with van der Waals surface area (Å²) >= 11 is 0. The lowest BCUT2D eigenvalue weighted by Crippen LogP contribution is -2.53. The van der Waals surface area contributed by atoms with Crippen molar-refractivity contribution in [1.82, 2.24) is 35.1 Å². The molecule has 2 saturated heterocycles. The number of nitrogens with zero attached hydrogens (tertiary/aromatic N) is 5. The first kappa shape index (κ1) is 33.5. The van der Waals surface area contributed by atoms with Crippen LogP contribution in [-0.2, 0) is 19.2 Å². The minimum Gasteiger partial charge on any atom is -0.467 e. The van der Waals surface area contributed by atoms with Crippen molar-refractivity contribution in [2.45, 2.75) is 56.8 Å². The lowest BCUT2D eigenvalue weighted by atomic mass is 9.93. The summed E-state index contributed by atoms with van der Waals surface area (Å²) in [6.45, 7) is -0.494. The number of ether oxygens (including phenoxy) is 2. The van der Waals surface area contributed by atoms with E-state index in [2.05, 4.69) is 15.7 Å². The van der Waals surface area contributed by atoms with Gasteiger partial charge in [-0.05, 0) is 44.2 Å². The molecule has 5 amide bonds. The highest BCUT2D eigenvalue weighted by molar-refractivity contribution is 5.89. The summed E-state index contributed by atoms with van der Waals surface area (Å²) in [6.07, 6.45) is -2.95. The van der Waals surface area contributed by atoms with E-state index in [1.54, 1.807) is 30.3 Å². The van der Waals surface area contributed by atoms with Gasteiger partial charge in [0.1, 0.15) is 19.0 Å². The molecule has 1 aromatic carbocycles. The molecule has 2 aliphatic heterocycles. The van der Waals surface area contributed by atoms with E-state index >= 15 is 0 Å². The van der Waals surface area contributed by atoms with Gasteiger partial charge in [-0.15, -0.1) is 5.10 Å². The molecule has 1 aromatic heterocycles. The summed E-state index contributed by atoms with van der Waals surface area (Å²) < 4.78 is 49.9. The topological polar surface area (TPSA) is 155 Å². The van der Waals surface area contributed by atoms with Gasteiger partial charge in [-0.3, -0.25) is 19.2 Å². The molecule has 5 rings (SSSR count). The summed E-state index contributed by atoms with van der Waals surface area (Å²) in [6, 6.07) is 9.66. The van der Waals surface area contributed by atoms with Gasteiger partial charge in [0.2, 0.25) is 29.5 Å². The number of para-hydroxylation sites is 1. The smallest absolute Gasteiger partial charge is 0.414 e. The fraction of sp³-hybridized carbons (Fsp3) is 0.533. The minimum absolute atomic E-state index is 0.0173. The van der Waals surface area contributed by atoms with Gasteiger partial charge in [0.15, 0.2) is 6.61 Å². The van der Waals surface area contributed by atoms with Crippen molar-refractivity contribution in [2.75, 3.05) is 45.9 Å². The molecule has 1 saturated carbocycles. The number of amides is 5. The second-order valence-electron chi connectivity index (χ2n) is 11.5. The molecular weight excluding hydrogens is 627 g/mol. The molecule has 0 unspecified atom stereocenters. The number of carbonyl (C=O) groups excluding carboxylic acids is 5. The Bertz CT molecular complexity index is 1460. The number of hydrogen-bond acceptors (Lipinski definition) is 8. The Morgan fingerprint density at radius 1 is 0.872 bits per heavy atom. The lowest BCUT2D eigenvalue weighted by Gasteiger charge is -2.35. The monoisotopic (exact) mass is 663 g/mol. The van der Waals surface area contributed by atoms with Crippen molar-refractivity contribution in [3.05, 3.63) is 36.4 Å². The molecule has 3 aliphatic rings. The normalized spacial score (nSPS) is 18.4. The molecule has 1 atom stereocenters. The van der Waals surface area contributed by atoms with Crippen molar-refractivity contribution < 1.29 is 46.6 Å². The maximum atomic E-state index is 13.1.